The molecule has 1 aromatic heterocycles. The quantitative estimate of drug-likeness (QED) is 0.722. The summed E-state index contributed by atoms with van der Waals surface area (Å²) in [5.74, 6) is 0.141. The van der Waals surface area contributed by atoms with E-state index >= 15 is 0 Å². The smallest absolute Gasteiger partial charge is 0.181 e. The third-order valence-electron chi connectivity index (χ3n) is 3.57. The van der Waals surface area contributed by atoms with Crippen LogP contribution in [-0.4, -0.2) is 15.9 Å². The maximum atomic E-state index is 11.7. The molecule has 1 aromatic rings. The first-order valence-corrected chi connectivity index (χ1v) is 5.99. The van der Waals surface area contributed by atoms with Crippen LogP contribution in [0.1, 0.15) is 59.1 Å². The maximum Gasteiger partial charge on any atom is 0.181 e. The van der Waals surface area contributed by atoms with E-state index in [2.05, 4.69) is 11.1 Å². The zero-order chi connectivity index (χ0) is 11.1. The molecule has 0 bridgehead atoms. The molecule has 0 aliphatic heterocycles. The molecule has 3 heteroatoms. The van der Waals surface area contributed by atoms with E-state index in [1.54, 1.807) is 0 Å². The van der Waals surface area contributed by atoms with Gasteiger partial charge in [0.1, 0.15) is 5.69 Å². The number of aromatic nitrogens is 1. The molecule has 1 unspecified atom stereocenters. The van der Waals surface area contributed by atoms with E-state index in [0.717, 1.165) is 48.9 Å². The molecule has 3 nitrogen and oxygen atoms in total. The first-order valence-electron chi connectivity index (χ1n) is 5.99. The van der Waals surface area contributed by atoms with Crippen LogP contribution in [0.3, 0.4) is 0 Å². The Morgan fingerprint density at radius 1 is 1.19 bits per heavy atom. The highest BCUT2D eigenvalue weighted by Gasteiger charge is 2.25. The van der Waals surface area contributed by atoms with Crippen LogP contribution >= 0.6 is 0 Å². The van der Waals surface area contributed by atoms with Gasteiger partial charge in [0.05, 0.1) is 11.8 Å². The monoisotopic (exact) mass is 217 g/mol. The van der Waals surface area contributed by atoms with Crippen molar-refractivity contribution < 1.29 is 9.90 Å². The minimum atomic E-state index is -0.469. The molecular weight excluding hydrogens is 202 g/mol. The number of hydrogen-bond donors (Lipinski definition) is 1. The Hall–Kier alpha value is -1.22. The number of aliphatic hydroxyl groups is 1. The number of ketones is 1. The normalized spacial score (nSPS) is 23.8. The first-order chi connectivity index (χ1) is 7.75. The summed E-state index contributed by atoms with van der Waals surface area (Å²) in [7, 11) is 0. The molecule has 0 radical (unpaired) electrons. The van der Waals surface area contributed by atoms with Gasteiger partial charge in [0.15, 0.2) is 5.78 Å². The zero-order valence-corrected chi connectivity index (χ0v) is 9.20. The number of carbonyl (C=O) groups is 1. The molecule has 3 rings (SSSR count). The predicted molar refractivity (Wildman–Crippen MR) is 59.4 cm³/mol. The number of fused-ring (bicyclic) bond motifs is 2. The van der Waals surface area contributed by atoms with Crippen LogP contribution in [0.15, 0.2) is 6.07 Å². The average Bonchev–Trinajstić information content (AvgIpc) is 2.28. The summed E-state index contributed by atoms with van der Waals surface area (Å²) in [4.78, 5) is 16.2. The molecule has 84 valence electrons. The van der Waals surface area contributed by atoms with Gasteiger partial charge in [-0.15, -0.1) is 0 Å². The Bertz CT molecular complexity index is 453. The Morgan fingerprint density at radius 2 is 2.00 bits per heavy atom. The molecule has 16 heavy (non-hydrogen) atoms. The van der Waals surface area contributed by atoms with E-state index in [0.29, 0.717) is 12.1 Å². The van der Waals surface area contributed by atoms with Crippen molar-refractivity contribution >= 4 is 5.78 Å². The number of aryl methyl sites for hydroxylation is 2. The standard InChI is InChI=1S/C13H15NO2/c15-10-5-1-3-8-7-9-4-2-6-11(16)13(9)14-12(8)10/h7,10,15H,1-6H2. The SMILES string of the molecule is O=C1CCCc2cc3c(nc21)C(O)CCC3. The van der Waals surface area contributed by atoms with Crippen molar-refractivity contribution in [2.75, 3.05) is 0 Å². The van der Waals surface area contributed by atoms with Crippen molar-refractivity contribution in [2.45, 2.75) is 44.6 Å². The van der Waals surface area contributed by atoms with Gasteiger partial charge in [0.2, 0.25) is 0 Å². The lowest BCUT2D eigenvalue weighted by Crippen LogP contribution is -2.19. The Balaban J connectivity index is 2.14. The molecule has 1 heterocycles. The van der Waals surface area contributed by atoms with Gasteiger partial charge in [0, 0.05) is 6.42 Å². The summed E-state index contributed by atoms with van der Waals surface area (Å²) in [5, 5.41) is 9.88. The summed E-state index contributed by atoms with van der Waals surface area (Å²) < 4.78 is 0. The molecule has 2 aliphatic carbocycles. The lowest BCUT2D eigenvalue weighted by atomic mass is 9.88. The van der Waals surface area contributed by atoms with Crippen molar-refractivity contribution in [2.24, 2.45) is 0 Å². The molecule has 0 aromatic carbocycles. The van der Waals surface area contributed by atoms with Crippen LogP contribution in [0.2, 0.25) is 0 Å². The van der Waals surface area contributed by atoms with Crippen LogP contribution < -0.4 is 0 Å². The van der Waals surface area contributed by atoms with E-state index in [1.165, 1.54) is 0 Å². The second-order valence-electron chi connectivity index (χ2n) is 4.73. The van der Waals surface area contributed by atoms with Gasteiger partial charge in [-0.05, 0) is 43.2 Å². The van der Waals surface area contributed by atoms with Crippen molar-refractivity contribution in [1.29, 1.82) is 0 Å². The van der Waals surface area contributed by atoms with Gasteiger partial charge in [-0.3, -0.25) is 4.79 Å². The van der Waals surface area contributed by atoms with Crippen LogP contribution in [0, 0.1) is 0 Å². The number of pyridine rings is 1. The van der Waals surface area contributed by atoms with Gasteiger partial charge < -0.3 is 5.11 Å². The molecule has 1 atom stereocenters. The molecule has 0 saturated heterocycles. The molecule has 2 aliphatic rings. The largest absolute Gasteiger partial charge is 0.387 e. The minimum absolute atomic E-state index is 0.141. The van der Waals surface area contributed by atoms with Gasteiger partial charge >= 0.3 is 0 Å². The van der Waals surface area contributed by atoms with Crippen LogP contribution in [-0.2, 0) is 12.8 Å². The molecule has 0 amide bonds. The fraction of sp³-hybridized carbons (Fsp3) is 0.538. The Labute approximate surface area is 94.5 Å². The third kappa shape index (κ3) is 1.47. The van der Waals surface area contributed by atoms with Crippen molar-refractivity contribution in [3.63, 3.8) is 0 Å². The van der Waals surface area contributed by atoms with Gasteiger partial charge in [-0.25, -0.2) is 4.98 Å². The summed E-state index contributed by atoms with van der Waals surface area (Å²) >= 11 is 0. The molecule has 0 saturated carbocycles. The van der Waals surface area contributed by atoms with E-state index in [9.17, 15) is 9.90 Å². The predicted octanol–water partition coefficient (Wildman–Crippen LogP) is 1.97. The molecule has 0 spiro atoms. The highest BCUT2D eigenvalue weighted by Crippen LogP contribution is 2.31. The zero-order valence-electron chi connectivity index (χ0n) is 9.20. The van der Waals surface area contributed by atoms with Crippen LogP contribution in [0.4, 0.5) is 0 Å². The number of hydrogen-bond acceptors (Lipinski definition) is 3. The summed E-state index contributed by atoms with van der Waals surface area (Å²) in [6, 6.07) is 2.09. The molecule has 1 N–H and O–H groups in total. The minimum Gasteiger partial charge on any atom is -0.387 e. The fourth-order valence-corrected chi connectivity index (χ4v) is 2.72. The first kappa shape index (κ1) is 9.97. The molecular formula is C13H15NO2. The summed E-state index contributed by atoms with van der Waals surface area (Å²) in [6.07, 6.45) is 4.81. The number of aliphatic hydroxyl groups excluding tert-OH is 1. The lowest BCUT2D eigenvalue weighted by molar-refractivity contribution is 0.0964. The van der Waals surface area contributed by atoms with E-state index in [1.807, 2.05) is 0 Å². The summed E-state index contributed by atoms with van der Waals surface area (Å²) in [5.41, 5.74) is 3.60. The lowest BCUT2D eigenvalue weighted by Gasteiger charge is -2.23. The van der Waals surface area contributed by atoms with Gasteiger partial charge in [-0.1, -0.05) is 6.07 Å². The van der Waals surface area contributed by atoms with Gasteiger partial charge in [0.25, 0.3) is 0 Å². The van der Waals surface area contributed by atoms with Crippen LogP contribution in [0.5, 0.6) is 0 Å². The van der Waals surface area contributed by atoms with Crippen molar-refractivity contribution in [3.05, 3.63) is 28.6 Å². The summed E-state index contributed by atoms with van der Waals surface area (Å²) in [6.45, 7) is 0. The Kier molecular flexibility index (Phi) is 2.28. The van der Waals surface area contributed by atoms with Crippen molar-refractivity contribution in [1.82, 2.24) is 4.98 Å². The topological polar surface area (TPSA) is 50.2 Å². The maximum absolute atomic E-state index is 11.7. The average molecular weight is 217 g/mol. The highest BCUT2D eigenvalue weighted by molar-refractivity contribution is 5.96. The Morgan fingerprint density at radius 3 is 2.88 bits per heavy atom. The molecule has 0 fully saturated rings. The van der Waals surface area contributed by atoms with E-state index < -0.39 is 6.10 Å². The van der Waals surface area contributed by atoms with Gasteiger partial charge in [-0.2, -0.15) is 0 Å². The fourth-order valence-electron chi connectivity index (χ4n) is 2.72. The third-order valence-corrected chi connectivity index (χ3v) is 3.57. The van der Waals surface area contributed by atoms with Crippen LogP contribution in [0.25, 0.3) is 0 Å². The second kappa shape index (κ2) is 3.67. The highest BCUT2D eigenvalue weighted by atomic mass is 16.3. The number of carbonyl (C=O) groups excluding carboxylic acids is 1. The number of rotatable bonds is 0. The van der Waals surface area contributed by atoms with E-state index in [-0.39, 0.29) is 5.78 Å². The second-order valence-corrected chi connectivity index (χ2v) is 4.73. The van der Waals surface area contributed by atoms with Crippen molar-refractivity contribution in [3.8, 4) is 0 Å². The van der Waals surface area contributed by atoms with E-state index in [4.69, 9.17) is 0 Å². The number of nitrogens with zero attached hydrogens (tertiary/aromatic N) is 1. The number of Topliss-reactive ketones (excluding diaryl/α,β-unsaturated/α-hetero) is 1.